The number of benzene rings is 1. The SMILES string of the molecule is CCc1cc(CC)n(-c2c(F)cccc2[C@@H](C)O)n1. The predicted molar refractivity (Wildman–Crippen MR) is 72.9 cm³/mol. The number of aliphatic hydroxyl groups excluding tert-OH is 1. The van der Waals surface area contributed by atoms with Crippen LogP contribution >= 0.6 is 0 Å². The predicted octanol–water partition coefficient (Wildman–Crippen LogP) is 3.19. The van der Waals surface area contributed by atoms with Crippen molar-refractivity contribution in [2.75, 3.05) is 0 Å². The van der Waals surface area contributed by atoms with E-state index >= 15 is 0 Å². The number of rotatable bonds is 4. The minimum Gasteiger partial charge on any atom is -0.389 e. The molecule has 1 N–H and O–H groups in total. The monoisotopic (exact) mass is 262 g/mol. The van der Waals surface area contributed by atoms with Gasteiger partial charge in [0.1, 0.15) is 11.5 Å². The standard InChI is InChI=1S/C15H19FN2O/c1-4-11-9-12(5-2)18(17-11)15-13(10(3)19)7-6-8-14(15)16/h6-10,19H,4-5H2,1-3H3/t10-/m1/s1. The highest BCUT2D eigenvalue weighted by molar-refractivity contribution is 5.44. The van der Waals surface area contributed by atoms with Gasteiger partial charge in [-0.3, -0.25) is 0 Å². The number of halogens is 1. The summed E-state index contributed by atoms with van der Waals surface area (Å²) in [6.07, 6.45) is 0.837. The van der Waals surface area contributed by atoms with Crippen molar-refractivity contribution in [2.24, 2.45) is 0 Å². The molecule has 0 radical (unpaired) electrons. The quantitative estimate of drug-likeness (QED) is 0.919. The summed E-state index contributed by atoms with van der Waals surface area (Å²) in [5.41, 5.74) is 2.79. The van der Waals surface area contributed by atoms with E-state index in [0.29, 0.717) is 11.3 Å². The van der Waals surface area contributed by atoms with Crippen LogP contribution in [0.2, 0.25) is 0 Å². The average molecular weight is 262 g/mol. The summed E-state index contributed by atoms with van der Waals surface area (Å²) in [4.78, 5) is 0. The Balaban J connectivity index is 2.67. The first-order chi connectivity index (χ1) is 9.08. The first-order valence-electron chi connectivity index (χ1n) is 6.63. The van der Waals surface area contributed by atoms with Crippen molar-refractivity contribution < 1.29 is 9.50 Å². The fourth-order valence-electron chi connectivity index (χ4n) is 2.19. The van der Waals surface area contributed by atoms with Gasteiger partial charge in [0.15, 0.2) is 0 Å². The molecule has 0 unspecified atom stereocenters. The number of aromatic nitrogens is 2. The van der Waals surface area contributed by atoms with Crippen molar-refractivity contribution >= 4 is 0 Å². The Morgan fingerprint density at radius 3 is 2.63 bits per heavy atom. The number of aryl methyl sites for hydroxylation is 2. The maximum atomic E-state index is 14.2. The lowest BCUT2D eigenvalue weighted by atomic mass is 10.1. The minimum atomic E-state index is -0.732. The molecular weight excluding hydrogens is 243 g/mol. The molecule has 1 atom stereocenters. The topological polar surface area (TPSA) is 38.0 Å². The molecule has 2 aromatic rings. The summed E-state index contributed by atoms with van der Waals surface area (Å²) in [7, 11) is 0. The first kappa shape index (κ1) is 13.7. The smallest absolute Gasteiger partial charge is 0.149 e. The van der Waals surface area contributed by atoms with Gasteiger partial charge in [0.25, 0.3) is 0 Å². The van der Waals surface area contributed by atoms with Gasteiger partial charge in [0, 0.05) is 11.3 Å². The minimum absolute atomic E-state index is 0.356. The van der Waals surface area contributed by atoms with E-state index in [1.807, 2.05) is 19.9 Å². The van der Waals surface area contributed by atoms with Gasteiger partial charge in [0.2, 0.25) is 0 Å². The highest BCUT2D eigenvalue weighted by Gasteiger charge is 2.17. The van der Waals surface area contributed by atoms with Crippen LogP contribution < -0.4 is 0 Å². The molecule has 0 aliphatic heterocycles. The molecule has 0 saturated heterocycles. The normalized spacial score (nSPS) is 12.7. The van der Waals surface area contributed by atoms with Crippen molar-refractivity contribution in [1.29, 1.82) is 0 Å². The maximum Gasteiger partial charge on any atom is 0.149 e. The molecule has 1 aromatic heterocycles. The third kappa shape index (κ3) is 2.54. The van der Waals surface area contributed by atoms with E-state index in [1.165, 1.54) is 6.07 Å². The summed E-state index contributed by atoms with van der Waals surface area (Å²) < 4.78 is 15.8. The summed E-state index contributed by atoms with van der Waals surface area (Å²) in [6.45, 7) is 5.66. The van der Waals surface area contributed by atoms with E-state index in [9.17, 15) is 9.50 Å². The van der Waals surface area contributed by atoms with Crippen LogP contribution in [0.4, 0.5) is 4.39 Å². The van der Waals surface area contributed by atoms with Crippen LogP contribution in [0.15, 0.2) is 24.3 Å². The second-order valence-corrected chi connectivity index (χ2v) is 4.60. The fraction of sp³-hybridized carbons (Fsp3) is 0.400. The number of nitrogens with zero attached hydrogens (tertiary/aromatic N) is 2. The van der Waals surface area contributed by atoms with Crippen LogP contribution in [0.1, 0.15) is 43.8 Å². The zero-order valence-electron chi connectivity index (χ0n) is 11.5. The third-order valence-corrected chi connectivity index (χ3v) is 3.24. The van der Waals surface area contributed by atoms with Gasteiger partial charge in [-0.15, -0.1) is 0 Å². The Labute approximate surface area is 112 Å². The molecule has 0 aliphatic carbocycles. The largest absolute Gasteiger partial charge is 0.389 e. The average Bonchev–Trinajstić information content (AvgIpc) is 2.81. The summed E-state index contributed by atoms with van der Waals surface area (Å²) in [5.74, 6) is -0.362. The van der Waals surface area contributed by atoms with E-state index in [1.54, 1.807) is 23.7 Å². The molecule has 0 aliphatic rings. The molecule has 2 rings (SSSR count). The zero-order valence-corrected chi connectivity index (χ0v) is 11.5. The Kier molecular flexibility index (Phi) is 4.00. The number of hydrogen-bond acceptors (Lipinski definition) is 2. The van der Waals surface area contributed by atoms with Crippen molar-refractivity contribution in [3.63, 3.8) is 0 Å². The molecule has 0 saturated carbocycles. The van der Waals surface area contributed by atoms with Crippen molar-refractivity contribution in [2.45, 2.75) is 39.7 Å². The second kappa shape index (κ2) is 5.53. The Morgan fingerprint density at radius 2 is 2.05 bits per heavy atom. The molecule has 0 fully saturated rings. The molecule has 0 amide bonds. The van der Waals surface area contributed by atoms with E-state index in [-0.39, 0.29) is 5.82 Å². The van der Waals surface area contributed by atoms with Gasteiger partial charge in [-0.05, 0) is 31.9 Å². The molecule has 102 valence electrons. The summed E-state index contributed by atoms with van der Waals surface area (Å²) in [5, 5.41) is 14.2. The molecule has 1 aromatic carbocycles. The van der Waals surface area contributed by atoms with Gasteiger partial charge >= 0.3 is 0 Å². The lowest BCUT2D eigenvalue weighted by molar-refractivity contribution is 0.198. The van der Waals surface area contributed by atoms with E-state index in [0.717, 1.165) is 24.2 Å². The molecule has 3 nitrogen and oxygen atoms in total. The van der Waals surface area contributed by atoms with Gasteiger partial charge < -0.3 is 5.11 Å². The van der Waals surface area contributed by atoms with Gasteiger partial charge in [-0.25, -0.2) is 9.07 Å². The van der Waals surface area contributed by atoms with E-state index in [2.05, 4.69) is 5.10 Å². The van der Waals surface area contributed by atoms with Crippen LogP contribution in [0.25, 0.3) is 5.69 Å². The molecule has 0 bridgehead atoms. The van der Waals surface area contributed by atoms with Gasteiger partial charge in [0.05, 0.1) is 11.8 Å². The first-order valence-corrected chi connectivity index (χ1v) is 6.63. The Hall–Kier alpha value is -1.68. The summed E-state index contributed by atoms with van der Waals surface area (Å²) in [6, 6.07) is 6.72. The summed E-state index contributed by atoms with van der Waals surface area (Å²) >= 11 is 0. The number of hydrogen-bond donors (Lipinski definition) is 1. The molecule has 0 spiro atoms. The lowest BCUT2D eigenvalue weighted by Crippen LogP contribution is -2.09. The van der Waals surface area contributed by atoms with Gasteiger partial charge in [-0.1, -0.05) is 26.0 Å². The zero-order chi connectivity index (χ0) is 14.0. The Morgan fingerprint density at radius 1 is 1.32 bits per heavy atom. The van der Waals surface area contributed by atoms with Crippen LogP contribution in [0.5, 0.6) is 0 Å². The lowest BCUT2D eigenvalue weighted by Gasteiger charge is -2.14. The molecule has 19 heavy (non-hydrogen) atoms. The van der Waals surface area contributed by atoms with E-state index in [4.69, 9.17) is 0 Å². The van der Waals surface area contributed by atoms with Gasteiger partial charge in [-0.2, -0.15) is 5.10 Å². The third-order valence-electron chi connectivity index (χ3n) is 3.24. The number of para-hydroxylation sites is 1. The van der Waals surface area contributed by atoms with E-state index < -0.39 is 6.10 Å². The van der Waals surface area contributed by atoms with Crippen LogP contribution in [-0.4, -0.2) is 14.9 Å². The molecular formula is C15H19FN2O. The Bertz CT molecular complexity index is 576. The highest BCUT2D eigenvalue weighted by atomic mass is 19.1. The van der Waals surface area contributed by atoms with Crippen molar-refractivity contribution in [3.8, 4) is 5.69 Å². The van der Waals surface area contributed by atoms with Crippen LogP contribution in [0, 0.1) is 5.82 Å². The van der Waals surface area contributed by atoms with Crippen molar-refractivity contribution in [1.82, 2.24) is 9.78 Å². The molecule has 4 heteroatoms. The molecule has 1 heterocycles. The maximum absolute atomic E-state index is 14.2. The van der Waals surface area contributed by atoms with Crippen LogP contribution in [0.3, 0.4) is 0 Å². The highest BCUT2D eigenvalue weighted by Crippen LogP contribution is 2.26. The van der Waals surface area contributed by atoms with Crippen molar-refractivity contribution in [3.05, 3.63) is 47.0 Å². The second-order valence-electron chi connectivity index (χ2n) is 4.60. The number of aliphatic hydroxyl groups is 1. The van der Waals surface area contributed by atoms with Crippen LogP contribution in [-0.2, 0) is 12.8 Å². The fourth-order valence-corrected chi connectivity index (χ4v) is 2.19.